The number of hydrogen-bond acceptors (Lipinski definition) is 5. The predicted molar refractivity (Wildman–Crippen MR) is 135 cm³/mol. The third kappa shape index (κ3) is 5.45. The maximum absolute atomic E-state index is 13.3. The Morgan fingerprint density at radius 1 is 0.971 bits per heavy atom. The molecule has 0 spiro atoms. The van der Waals surface area contributed by atoms with Gasteiger partial charge < -0.3 is 15.0 Å². The Morgan fingerprint density at radius 2 is 1.62 bits per heavy atom. The van der Waals surface area contributed by atoms with Crippen LogP contribution in [0.1, 0.15) is 65.3 Å². The minimum absolute atomic E-state index is 0.156. The van der Waals surface area contributed by atoms with E-state index >= 15 is 0 Å². The highest BCUT2D eigenvalue weighted by Gasteiger charge is 2.28. The molecule has 1 saturated heterocycles. The monoisotopic (exact) mass is 487 g/mol. The molecule has 2 aromatic carbocycles. The third-order valence-electron chi connectivity index (χ3n) is 6.61. The largest absolute Gasteiger partial charge is 0.496 e. The number of sulfonamides is 1. The van der Waals surface area contributed by atoms with Gasteiger partial charge in [-0.05, 0) is 80.3 Å². The summed E-state index contributed by atoms with van der Waals surface area (Å²) in [5, 5.41) is 3.07. The molecule has 0 saturated carbocycles. The molecule has 8 heteroatoms. The number of carbonyl (C=O) groups excluding carboxylic acids is 1. The van der Waals surface area contributed by atoms with Crippen LogP contribution >= 0.6 is 0 Å². The van der Waals surface area contributed by atoms with Crippen LogP contribution < -0.4 is 10.1 Å². The lowest BCUT2D eigenvalue weighted by molar-refractivity contribution is 0.0939. The second-order valence-corrected chi connectivity index (χ2v) is 11.4. The van der Waals surface area contributed by atoms with Gasteiger partial charge in [0.1, 0.15) is 5.75 Å². The van der Waals surface area contributed by atoms with Crippen molar-refractivity contribution in [2.75, 3.05) is 40.3 Å². The second-order valence-electron chi connectivity index (χ2n) is 9.48. The molecular weight excluding hydrogens is 450 g/mol. The van der Waals surface area contributed by atoms with Gasteiger partial charge in [0.2, 0.25) is 10.0 Å². The molecule has 3 rings (SSSR count). The van der Waals surface area contributed by atoms with Crippen LogP contribution in [0.15, 0.2) is 35.2 Å². The maximum Gasteiger partial charge on any atom is 0.252 e. The summed E-state index contributed by atoms with van der Waals surface area (Å²) in [5.41, 5.74) is 4.23. The van der Waals surface area contributed by atoms with Crippen molar-refractivity contribution in [3.8, 4) is 5.75 Å². The van der Waals surface area contributed by atoms with Crippen LogP contribution in [0.2, 0.25) is 0 Å². The number of rotatable bonds is 7. The normalized spacial score (nSPS) is 16.5. The number of ether oxygens (including phenoxy) is 1. The van der Waals surface area contributed by atoms with E-state index in [1.54, 1.807) is 19.2 Å². The van der Waals surface area contributed by atoms with Crippen LogP contribution in [0.25, 0.3) is 0 Å². The molecule has 1 heterocycles. The van der Waals surface area contributed by atoms with E-state index in [2.05, 4.69) is 30.1 Å². The lowest BCUT2D eigenvalue weighted by atomic mass is 9.93. The molecule has 1 fully saturated rings. The smallest absolute Gasteiger partial charge is 0.252 e. The molecule has 0 bridgehead atoms. The number of nitrogens with zero attached hydrogens (tertiary/aromatic N) is 2. The fourth-order valence-corrected chi connectivity index (χ4v) is 5.80. The summed E-state index contributed by atoms with van der Waals surface area (Å²) in [6, 6.07) is 8.63. The molecule has 0 aromatic heterocycles. The van der Waals surface area contributed by atoms with Gasteiger partial charge in [0.25, 0.3) is 5.91 Å². The van der Waals surface area contributed by atoms with Crippen LogP contribution in [-0.4, -0.2) is 63.9 Å². The van der Waals surface area contributed by atoms with E-state index in [9.17, 15) is 13.2 Å². The molecule has 1 unspecified atom stereocenters. The number of methoxy groups -OCH3 is 1. The first-order valence-electron chi connectivity index (χ1n) is 11.7. The molecular formula is C26H37N3O4S. The highest BCUT2D eigenvalue weighted by atomic mass is 32.2. The molecule has 1 N–H and O–H groups in total. The van der Waals surface area contributed by atoms with E-state index in [1.165, 1.54) is 10.4 Å². The third-order valence-corrected chi connectivity index (χ3v) is 8.50. The molecule has 1 aliphatic rings. The summed E-state index contributed by atoms with van der Waals surface area (Å²) in [4.78, 5) is 15.5. The van der Waals surface area contributed by atoms with Gasteiger partial charge in [-0.3, -0.25) is 4.79 Å². The van der Waals surface area contributed by atoms with E-state index in [0.29, 0.717) is 31.7 Å². The minimum Gasteiger partial charge on any atom is -0.496 e. The summed E-state index contributed by atoms with van der Waals surface area (Å²) >= 11 is 0. The van der Waals surface area contributed by atoms with Gasteiger partial charge in [-0.2, -0.15) is 4.31 Å². The number of amides is 1. The number of hydrogen-bond donors (Lipinski definition) is 1. The fraction of sp³-hybridized carbons (Fsp3) is 0.500. The topological polar surface area (TPSA) is 78.9 Å². The number of likely N-dealkylation sites (N-methyl/N-ethyl adjacent to an activating group) is 1. The van der Waals surface area contributed by atoms with Crippen molar-refractivity contribution in [3.63, 3.8) is 0 Å². The number of carbonyl (C=O) groups is 1. The van der Waals surface area contributed by atoms with Gasteiger partial charge in [-0.25, -0.2) is 8.42 Å². The van der Waals surface area contributed by atoms with Gasteiger partial charge in [0.05, 0.1) is 18.0 Å². The number of benzene rings is 2. The van der Waals surface area contributed by atoms with Crippen LogP contribution in [0.4, 0.5) is 0 Å². The Balaban J connectivity index is 1.86. The van der Waals surface area contributed by atoms with E-state index in [-0.39, 0.29) is 22.8 Å². The second kappa shape index (κ2) is 10.5. The number of piperazine rings is 1. The van der Waals surface area contributed by atoms with Gasteiger partial charge in [0, 0.05) is 31.7 Å². The summed E-state index contributed by atoms with van der Waals surface area (Å²) in [7, 11) is -0.0112. The maximum atomic E-state index is 13.3. The quantitative estimate of drug-likeness (QED) is 0.642. The van der Waals surface area contributed by atoms with Crippen molar-refractivity contribution in [2.45, 2.75) is 51.5 Å². The van der Waals surface area contributed by atoms with Gasteiger partial charge in [0.15, 0.2) is 0 Å². The van der Waals surface area contributed by atoms with Crippen molar-refractivity contribution in [1.82, 2.24) is 14.5 Å². The first-order valence-corrected chi connectivity index (χ1v) is 13.2. The Bertz CT molecular complexity index is 1150. The minimum atomic E-state index is -3.66. The van der Waals surface area contributed by atoms with Crippen LogP contribution in [0.5, 0.6) is 5.75 Å². The number of nitrogens with one attached hydrogen (secondary N) is 1. The molecule has 1 atom stereocenters. The van der Waals surface area contributed by atoms with Crippen LogP contribution in [-0.2, 0) is 10.0 Å². The Labute approximate surface area is 204 Å². The van der Waals surface area contributed by atoms with E-state index in [0.717, 1.165) is 28.0 Å². The van der Waals surface area contributed by atoms with Crippen molar-refractivity contribution in [3.05, 3.63) is 58.1 Å². The highest BCUT2D eigenvalue weighted by Crippen LogP contribution is 2.32. The van der Waals surface area contributed by atoms with Crippen LogP contribution in [0.3, 0.4) is 0 Å². The zero-order valence-electron chi connectivity index (χ0n) is 21.3. The lowest BCUT2D eigenvalue weighted by Crippen LogP contribution is -2.47. The number of aryl methyl sites for hydroxylation is 2. The molecule has 0 aliphatic carbocycles. The standard InChI is InChI=1S/C26H37N3O4S/c1-17(2)22-16-23(19(4)14-25(22)33-7)20(5)27-26(30)24-15-21(9-8-18(24)3)34(31,32)29-12-10-28(6)11-13-29/h8-9,14-17,20H,10-13H2,1-7H3,(H,27,30). The van der Waals surface area contributed by atoms with Crippen LogP contribution in [0, 0.1) is 13.8 Å². The van der Waals surface area contributed by atoms with Crippen molar-refractivity contribution < 1.29 is 17.9 Å². The molecule has 2 aromatic rings. The molecule has 34 heavy (non-hydrogen) atoms. The predicted octanol–water partition coefficient (Wildman–Crippen LogP) is 3.86. The van der Waals surface area contributed by atoms with Crippen molar-refractivity contribution >= 4 is 15.9 Å². The molecule has 1 amide bonds. The highest BCUT2D eigenvalue weighted by molar-refractivity contribution is 7.89. The molecule has 0 radical (unpaired) electrons. The Hall–Kier alpha value is -2.42. The average molecular weight is 488 g/mol. The fourth-order valence-electron chi connectivity index (χ4n) is 4.35. The van der Waals surface area contributed by atoms with Gasteiger partial charge in [-0.1, -0.05) is 19.9 Å². The first kappa shape index (κ1) is 26.2. The average Bonchev–Trinajstić information content (AvgIpc) is 2.78. The summed E-state index contributed by atoms with van der Waals surface area (Å²) in [6.07, 6.45) is 0. The SMILES string of the molecule is COc1cc(C)c(C(C)NC(=O)c2cc(S(=O)(=O)N3CCN(C)CC3)ccc2C)cc1C(C)C. The lowest BCUT2D eigenvalue weighted by Gasteiger charge is -2.31. The first-order chi connectivity index (χ1) is 15.9. The zero-order valence-corrected chi connectivity index (χ0v) is 22.1. The van der Waals surface area contributed by atoms with E-state index < -0.39 is 10.0 Å². The Morgan fingerprint density at radius 3 is 2.21 bits per heavy atom. The van der Waals surface area contributed by atoms with E-state index in [4.69, 9.17) is 4.74 Å². The van der Waals surface area contributed by atoms with Gasteiger partial charge in [-0.15, -0.1) is 0 Å². The van der Waals surface area contributed by atoms with Gasteiger partial charge >= 0.3 is 0 Å². The summed E-state index contributed by atoms with van der Waals surface area (Å²) < 4.78 is 33.4. The molecule has 1 aliphatic heterocycles. The molecule has 7 nitrogen and oxygen atoms in total. The van der Waals surface area contributed by atoms with Crippen molar-refractivity contribution in [1.29, 1.82) is 0 Å². The summed E-state index contributed by atoms with van der Waals surface area (Å²) in [6.45, 7) is 12.2. The molecule has 186 valence electrons. The van der Waals surface area contributed by atoms with Crippen molar-refractivity contribution in [2.24, 2.45) is 0 Å². The summed E-state index contributed by atoms with van der Waals surface area (Å²) in [5.74, 6) is 0.824. The van der Waals surface area contributed by atoms with E-state index in [1.807, 2.05) is 33.9 Å². The Kier molecular flexibility index (Phi) is 8.06. The zero-order chi connectivity index (χ0) is 25.2.